The highest BCUT2D eigenvalue weighted by Gasteiger charge is 2.13. The number of hydrogen-bond donors (Lipinski definition) is 2. The van der Waals surface area contributed by atoms with Gasteiger partial charge in [0, 0.05) is 31.7 Å². The van der Waals surface area contributed by atoms with Gasteiger partial charge in [0.15, 0.2) is 0 Å². The lowest BCUT2D eigenvalue weighted by Crippen LogP contribution is -2.28. The minimum atomic E-state index is -0.407. The van der Waals surface area contributed by atoms with Gasteiger partial charge in [-0.05, 0) is 30.7 Å². The molecule has 5 heteroatoms. The van der Waals surface area contributed by atoms with Gasteiger partial charge in [-0.25, -0.2) is 0 Å². The van der Waals surface area contributed by atoms with Crippen LogP contribution in [0.5, 0.6) is 0 Å². The summed E-state index contributed by atoms with van der Waals surface area (Å²) in [6.07, 6.45) is 1.43. The number of nitrogens with zero attached hydrogens (tertiary/aromatic N) is 2. The molecule has 0 aliphatic heterocycles. The van der Waals surface area contributed by atoms with E-state index in [9.17, 15) is 10.1 Å². The third-order valence-corrected chi connectivity index (χ3v) is 3.76. The Bertz CT molecular complexity index is 791. The van der Waals surface area contributed by atoms with E-state index in [4.69, 9.17) is 0 Å². The lowest BCUT2D eigenvalue weighted by atomic mass is 10.1. The Kier molecular flexibility index (Phi) is 6.19. The zero-order valence-electron chi connectivity index (χ0n) is 14.7. The first-order valence-corrected chi connectivity index (χ1v) is 8.01. The first-order valence-electron chi connectivity index (χ1n) is 8.01. The van der Waals surface area contributed by atoms with E-state index >= 15 is 0 Å². The first-order chi connectivity index (χ1) is 12.0. The largest absolute Gasteiger partial charge is 0.378 e. The van der Waals surface area contributed by atoms with Crippen LogP contribution in [-0.2, 0) is 4.79 Å². The predicted octanol–water partition coefficient (Wildman–Crippen LogP) is 3.45. The number of carbonyl (C=O) groups excluding carboxylic acids is 1. The van der Waals surface area contributed by atoms with Crippen molar-refractivity contribution in [1.29, 1.82) is 5.26 Å². The predicted molar refractivity (Wildman–Crippen MR) is 101 cm³/mol. The Hall–Kier alpha value is -3.26. The van der Waals surface area contributed by atoms with E-state index in [2.05, 4.69) is 10.6 Å². The molecule has 2 N–H and O–H groups in total. The summed E-state index contributed by atoms with van der Waals surface area (Å²) in [6, 6.07) is 19.1. The number of nitrogens with one attached hydrogen (secondary N) is 2. The van der Waals surface area contributed by atoms with Crippen molar-refractivity contribution in [2.45, 2.75) is 13.0 Å². The molecule has 0 radical (unpaired) electrons. The maximum Gasteiger partial charge on any atom is 0.263 e. The summed E-state index contributed by atoms with van der Waals surface area (Å²) in [5.41, 5.74) is 2.85. The number of amides is 1. The molecular formula is C20H22N4O. The monoisotopic (exact) mass is 334 g/mol. The van der Waals surface area contributed by atoms with Crippen LogP contribution in [0.15, 0.2) is 66.4 Å². The van der Waals surface area contributed by atoms with Crippen molar-refractivity contribution < 1.29 is 4.79 Å². The Labute approximate surface area is 148 Å². The SMILES string of the molecule is CC(NC(=O)/C(C#N)=C\Nc1cccc(N(C)C)c1)c1ccccc1. The molecule has 5 nitrogen and oxygen atoms in total. The minimum Gasteiger partial charge on any atom is -0.378 e. The van der Waals surface area contributed by atoms with Gasteiger partial charge in [0.05, 0.1) is 6.04 Å². The third kappa shape index (κ3) is 5.11. The van der Waals surface area contributed by atoms with E-state index in [0.29, 0.717) is 0 Å². The van der Waals surface area contributed by atoms with Gasteiger partial charge in [-0.1, -0.05) is 36.4 Å². The van der Waals surface area contributed by atoms with E-state index in [1.807, 2.05) is 86.6 Å². The van der Waals surface area contributed by atoms with Crippen molar-refractivity contribution >= 4 is 17.3 Å². The molecule has 0 saturated carbocycles. The Balaban J connectivity index is 2.05. The molecule has 25 heavy (non-hydrogen) atoms. The quantitative estimate of drug-likeness (QED) is 0.627. The number of benzene rings is 2. The van der Waals surface area contributed by atoms with Crippen LogP contribution in [0.1, 0.15) is 18.5 Å². The van der Waals surface area contributed by atoms with Gasteiger partial charge in [0.1, 0.15) is 11.6 Å². The van der Waals surface area contributed by atoms with Crippen LogP contribution in [0, 0.1) is 11.3 Å². The maximum absolute atomic E-state index is 12.3. The molecule has 1 atom stereocenters. The third-order valence-electron chi connectivity index (χ3n) is 3.76. The molecule has 2 aromatic carbocycles. The average molecular weight is 334 g/mol. The van der Waals surface area contributed by atoms with Crippen molar-refractivity contribution in [3.63, 3.8) is 0 Å². The van der Waals surface area contributed by atoms with Gasteiger partial charge in [0.25, 0.3) is 5.91 Å². The van der Waals surface area contributed by atoms with Gasteiger partial charge in [-0.2, -0.15) is 5.26 Å². The van der Waals surface area contributed by atoms with Crippen LogP contribution in [-0.4, -0.2) is 20.0 Å². The van der Waals surface area contributed by atoms with Crippen molar-refractivity contribution in [2.24, 2.45) is 0 Å². The molecule has 0 aromatic heterocycles. The fourth-order valence-corrected chi connectivity index (χ4v) is 2.28. The highest BCUT2D eigenvalue weighted by molar-refractivity contribution is 5.97. The Morgan fingerprint density at radius 2 is 1.88 bits per heavy atom. The summed E-state index contributed by atoms with van der Waals surface area (Å²) < 4.78 is 0. The zero-order chi connectivity index (χ0) is 18.2. The van der Waals surface area contributed by atoms with Gasteiger partial charge in [-0.3, -0.25) is 4.79 Å². The molecule has 1 amide bonds. The molecule has 0 fully saturated rings. The van der Waals surface area contributed by atoms with Gasteiger partial charge >= 0.3 is 0 Å². The lowest BCUT2D eigenvalue weighted by molar-refractivity contribution is -0.117. The number of hydrogen-bond acceptors (Lipinski definition) is 4. The van der Waals surface area contributed by atoms with Crippen molar-refractivity contribution in [3.05, 3.63) is 71.9 Å². The number of anilines is 2. The van der Waals surface area contributed by atoms with Crippen LogP contribution in [0.4, 0.5) is 11.4 Å². The average Bonchev–Trinajstić information content (AvgIpc) is 2.63. The highest BCUT2D eigenvalue weighted by atomic mass is 16.1. The van der Waals surface area contributed by atoms with Crippen molar-refractivity contribution in [3.8, 4) is 6.07 Å². The van der Waals surface area contributed by atoms with Crippen molar-refractivity contribution in [1.82, 2.24) is 5.32 Å². The normalized spacial score (nSPS) is 12.0. The molecule has 2 rings (SSSR count). The van der Waals surface area contributed by atoms with Gasteiger partial charge in [0.2, 0.25) is 0 Å². The molecule has 0 saturated heterocycles. The summed E-state index contributed by atoms with van der Waals surface area (Å²) in [7, 11) is 3.90. The van der Waals surface area contributed by atoms with Crippen LogP contribution >= 0.6 is 0 Å². The molecule has 0 aliphatic carbocycles. The van der Waals surface area contributed by atoms with Crippen LogP contribution in [0.3, 0.4) is 0 Å². The van der Waals surface area contributed by atoms with E-state index in [1.165, 1.54) is 6.20 Å². The second kappa shape index (κ2) is 8.55. The second-order valence-corrected chi connectivity index (χ2v) is 5.86. The van der Waals surface area contributed by atoms with E-state index < -0.39 is 5.91 Å². The molecule has 0 spiro atoms. The van der Waals surface area contributed by atoms with Crippen LogP contribution in [0.2, 0.25) is 0 Å². The Morgan fingerprint density at radius 1 is 1.16 bits per heavy atom. The standard InChI is InChI=1S/C20H22N4O/c1-15(16-8-5-4-6-9-16)23-20(25)17(13-21)14-22-18-10-7-11-19(12-18)24(2)3/h4-12,14-15,22H,1-3H3,(H,23,25)/b17-14-. The number of rotatable bonds is 6. The molecular weight excluding hydrogens is 312 g/mol. The topological polar surface area (TPSA) is 68.2 Å². The fraction of sp³-hybridized carbons (Fsp3) is 0.200. The van der Waals surface area contributed by atoms with Gasteiger partial charge < -0.3 is 15.5 Å². The number of nitriles is 1. The Morgan fingerprint density at radius 3 is 2.52 bits per heavy atom. The van der Waals surface area contributed by atoms with Crippen molar-refractivity contribution in [2.75, 3.05) is 24.3 Å². The summed E-state index contributed by atoms with van der Waals surface area (Å²) in [6.45, 7) is 1.89. The molecule has 128 valence electrons. The number of carbonyl (C=O) groups is 1. The van der Waals surface area contributed by atoms with Gasteiger partial charge in [-0.15, -0.1) is 0 Å². The molecule has 0 aliphatic rings. The summed E-state index contributed by atoms with van der Waals surface area (Å²) in [4.78, 5) is 14.3. The molecule has 1 unspecified atom stereocenters. The zero-order valence-corrected chi connectivity index (χ0v) is 14.7. The smallest absolute Gasteiger partial charge is 0.263 e. The van der Waals surface area contributed by atoms with E-state index in [-0.39, 0.29) is 11.6 Å². The maximum atomic E-state index is 12.3. The van der Waals surface area contributed by atoms with Crippen LogP contribution in [0.25, 0.3) is 0 Å². The lowest BCUT2D eigenvalue weighted by Gasteiger charge is -2.14. The van der Waals surface area contributed by atoms with E-state index in [1.54, 1.807) is 0 Å². The summed E-state index contributed by atoms with van der Waals surface area (Å²) in [5, 5.41) is 15.1. The summed E-state index contributed by atoms with van der Waals surface area (Å²) >= 11 is 0. The molecule has 0 heterocycles. The second-order valence-electron chi connectivity index (χ2n) is 5.86. The summed E-state index contributed by atoms with van der Waals surface area (Å²) in [5.74, 6) is -0.407. The fourth-order valence-electron chi connectivity index (χ4n) is 2.28. The molecule has 0 bridgehead atoms. The van der Waals surface area contributed by atoms with E-state index in [0.717, 1.165) is 16.9 Å². The minimum absolute atomic E-state index is 0.0260. The molecule has 2 aromatic rings. The first kappa shape index (κ1) is 18.1. The van der Waals surface area contributed by atoms with Crippen LogP contribution < -0.4 is 15.5 Å². The highest BCUT2D eigenvalue weighted by Crippen LogP contribution is 2.17.